The Morgan fingerprint density at radius 1 is 1.00 bits per heavy atom. The van der Waals surface area contributed by atoms with E-state index in [4.69, 9.17) is 9.47 Å². The lowest BCUT2D eigenvalue weighted by Crippen LogP contribution is -2.00. The van der Waals surface area contributed by atoms with Crippen molar-refractivity contribution < 1.29 is 9.47 Å². The highest BCUT2D eigenvalue weighted by Gasteiger charge is 1.96. The van der Waals surface area contributed by atoms with Gasteiger partial charge in [-0.15, -0.1) is 0 Å². The molecule has 2 heteroatoms. The van der Waals surface area contributed by atoms with Crippen LogP contribution in [0, 0.1) is 0 Å². The lowest BCUT2D eigenvalue weighted by Gasteiger charge is -2.10. The standard InChI is InChI=1S/C11H22O2/c1-4-7-9-12-11(6-3)13-10-8-5-2/h6H,4-5,7-10H2,1-3H3. The number of hydrogen-bond donors (Lipinski definition) is 0. The minimum absolute atomic E-state index is 0.682. The van der Waals surface area contributed by atoms with E-state index in [1.165, 1.54) is 0 Å². The van der Waals surface area contributed by atoms with Gasteiger partial charge in [-0.3, -0.25) is 0 Å². The number of hydrogen-bond acceptors (Lipinski definition) is 2. The zero-order valence-electron chi connectivity index (χ0n) is 9.14. The van der Waals surface area contributed by atoms with Gasteiger partial charge in [-0.1, -0.05) is 26.7 Å². The summed E-state index contributed by atoms with van der Waals surface area (Å²) in [7, 11) is 0. The molecule has 0 rings (SSSR count). The van der Waals surface area contributed by atoms with Gasteiger partial charge in [0.2, 0.25) is 0 Å². The highest BCUT2D eigenvalue weighted by atomic mass is 16.7. The number of allylic oxidation sites excluding steroid dienone is 1. The summed E-state index contributed by atoms with van der Waals surface area (Å²) in [6.07, 6.45) is 6.38. The summed E-state index contributed by atoms with van der Waals surface area (Å²) < 4.78 is 10.8. The van der Waals surface area contributed by atoms with Crippen molar-refractivity contribution in [2.75, 3.05) is 13.2 Å². The van der Waals surface area contributed by atoms with Gasteiger partial charge >= 0.3 is 0 Å². The van der Waals surface area contributed by atoms with Crippen molar-refractivity contribution in [3.63, 3.8) is 0 Å². The maximum absolute atomic E-state index is 5.42. The first-order valence-electron chi connectivity index (χ1n) is 5.27. The molecular weight excluding hydrogens is 164 g/mol. The van der Waals surface area contributed by atoms with Crippen LogP contribution in [0.3, 0.4) is 0 Å². The molecule has 0 aromatic carbocycles. The van der Waals surface area contributed by atoms with E-state index in [-0.39, 0.29) is 0 Å². The second kappa shape index (κ2) is 9.43. The van der Waals surface area contributed by atoms with Gasteiger partial charge in [-0.05, 0) is 25.8 Å². The van der Waals surface area contributed by atoms with Crippen LogP contribution in [0.1, 0.15) is 46.5 Å². The van der Waals surface area contributed by atoms with Crippen LogP contribution in [0.25, 0.3) is 0 Å². The number of unbranched alkanes of at least 4 members (excludes halogenated alkanes) is 2. The van der Waals surface area contributed by atoms with Gasteiger partial charge in [0.1, 0.15) is 0 Å². The molecule has 0 aliphatic carbocycles. The first kappa shape index (κ1) is 12.3. The van der Waals surface area contributed by atoms with Crippen LogP contribution in [-0.4, -0.2) is 13.2 Å². The van der Waals surface area contributed by atoms with E-state index >= 15 is 0 Å². The van der Waals surface area contributed by atoms with E-state index in [1.807, 2.05) is 13.0 Å². The quantitative estimate of drug-likeness (QED) is 0.427. The van der Waals surface area contributed by atoms with Crippen molar-refractivity contribution in [2.45, 2.75) is 46.5 Å². The molecule has 0 amide bonds. The zero-order chi connectivity index (χ0) is 9.94. The van der Waals surface area contributed by atoms with Crippen LogP contribution in [0.2, 0.25) is 0 Å². The Morgan fingerprint density at radius 3 is 1.77 bits per heavy atom. The third-order valence-electron chi connectivity index (χ3n) is 1.72. The molecule has 0 aliphatic heterocycles. The van der Waals surface area contributed by atoms with Crippen molar-refractivity contribution in [3.8, 4) is 0 Å². The fourth-order valence-electron chi connectivity index (χ4n) is 0.843. The van der Waals surface area contributed by atoms with Crippen LogP contribution in [0.4, 0.5) is 0 Å². The van der Waals surface area contributed by atoms with Crippen LogP contribution >= 0.6 is 0 Å². The van der Waals surface area contributed by atoms with Crippen LogP contribution in [-0.2, 0) is 9.47 Å². The molecule has 0 N–H and O–H groups in total. The van der Waals surface area contributed by atoms with Gasteiger partial charge in [0.15, 0.2) is 0 Å². The maximum Gasteiger partial charge on any atom is 0.274 e. The van der Waals surface area contributed by atoms with Gasteiger partial charge in [-0.25, -0.2) is 0 Å². The minimum atomic E-state index is 0.682. The summed E-state index contributed by atoms with van der Waals surface area (Å²) in [5, 5.41) is 0. The van der Waals surface area contributed by atoms with Crippen molar-refractivity contribution in [2.24, 2.45) is 0 Å². The maximum atomic E-state index is 5.42. The lowest BCUT2D eigenvalue weighted by molar-refractivity contribution is 0.0326. The Kier molecular flexibility index (Phi) is 8.95. The molecule has 0 atom stereocenters. The van der Waals surface area contributed by atoms with Crippen molar-refractivity contribution in [1.29, 1.82) is 0 Å². The predicted molar refractivity (Wildman–Crippen MR) is 55.5 cm³/mol. The van der Waals surface area contributed by atoms with Crippen LogP contribution in [0.15, 0.2) is 12.0 Å². The predicted octanol–water partition coefficient (Wildman–Crippen LogP) is 3.48. The van der Waals surface area contributed by atoms with Gasteiger partial charge < -0.3 is 9.47 Å². The Bertz CT molecular complexity index is 118. The van der Waals surface area contributed by atoms with Crippen molar-refractivity contribution in [3.05, 3.63) is 12.0 Å². The Labute approximate surface area is 81.9 Å². The Hall–Kier alpha value is -0.660. The van der Waals surface area contributed by atoms with E-state index in [0.29, 0.717) is 5.95 Å². The van der Waals surface area contributed by atoms with Crippen molar-refractivity contribution >= 4 is 0 Å². The molecule has 0 spiro atoms. The molecule has 2 nitrogen and oxygen atoms in total. The SMILES string of the molecule is CC=C(OCCCC)OCCCC. The Morgan fingerprint density at radius 2 is 1.46 bits per heavy atom. The monoisotopic (exact) mass is 186 g/mol. The van der Waals surface area contributed by atoms with Gasteiger partial charge in [0, 0.05) is 0 Å². The molecule has 13 heavy (non-hydrogen) atoms. The molecule has 0 radical (unpaired) electrons. The molecule has 0 saturated carbocycles. The first-order chi connectivity index (χ1) is 6.35. The molecular formula is C11H22O2. The fraction of sp³-hybridized carbons (Fsp3) is 0.818. The molecule has 0 saturated heterocycles. The third-order valence-corrected chi connectivity index (χ3v) is 1.72. The number of ether oxygens (including phenoxy) is 2. The normalized spacial score (nSPS) is 9.46. The zero-order valence-corrected chi connectivity index (χ0v) is 9.14. The molecule has 0 aliphatic rings. The largest absolute Gasteiger partial charge is 0.466 e. The van der Waals surface area contributed by atoms with Crippen molar-refractivity contribution in [1.82, 2.24) is 0 Å². The van der Waals surface area contributed by atoms with E-state index in [0.717, 1.165) is 38.9 Å². The molecule has 0 fully saturated rings. The molecule has 0 aromatic rings. The fourth-order valence-corrected chi connectivity index (χ4v) is 0.843. The second-order valence-corrected chi connectivity index (χ2v) is 3.01. The first-order valence-corrected chi connectivity index (χ1v) is 5.27. The lowest BCUT2D eigenvalue weighted by atomic mass is 10.4. The van der Waals surface area contributed by atoms with Crippen LogP contribution in [0.5, 0.6) is 0 Å². The third kappa shape index (κ3) is 7.69. The molecule has 0 unspecified atom stereocenters. The summed E-state index contributed by atoms with van der Waals surface area (Å²) in [6, 6.07) is 0. The molecule has 0 heterocycles. The van der Waals surface area contributed by atoms with Gasteiger partial charge in [0.05, 0.1) is 13.2 Å². The minimum Gasteiger partial charge on any atom is -0.466 e. The summed E-state index contributed by atoms with van der Waals surface area (Å²) in [5.74, 6) is 0.682. The van der Waals surface area contributed by atoms with E-state index in [2.05, 4.69) is 13.8 Å². The highest BCUT2D eigenvalue weighted by molar-refractivity contribution is 4.78. The highest BCUT2D eigenvalue weighted by Crippen LogP contribution is 2.03. The number of rotatable bonds is 8. The molecule has 0 aromatic heterocycles. The molecule has 0 bridgehead atoms. The van der Waals surface area contributed by atoms with Crippen LogP contribution < -0.4 is 0 Å². The topological polar surface area (TPSA) is 18.5 Å². The molecule has 78 valence electrons. The van der Waals surface area contributed by atoms with E-state index in [9.17, 15) is 0 Å². The van der Waals surface area contributed by atoms with Gasteiger partial charge in [0.25, 0.3) is 5.95 Å². The smallest absolute Gasteiger partial charge is 0.274 e. The average Bonchev–Trinajstić information content (AvgIpc) is 2.16. The average molecular weight is 186 g/mol. The summed E-state index contributed by atoms with van der Waals surface area (Å²) in [4.78, 5) is 0. The summed E-state index contributed by atoms with van der Waals surface area (Å²) in [6.45, 7) is 7.77. The van der Waals surface area contributed by atoms with E-state index in [1.54, 1.807) is 0 Å². The van der Waals surface area contributed by atoms with E-state index < -0.39 is 0 Å². The van der Waals surface area contributed by atoms with Gasteiger partial charge in [-0.2, -0.15) is 0 Å². The summed E-state index contributed by atoms with van der Waals surface area (Å²) >= 11 is 0. The Balaban J connectivity index is 3.41. The summed E-state index contributed by atoms with van der Waals surface area (Å²) in [5.41, 5.74) is 0. The second-order valence-electron chi connectivity index (χ2n) is 3.01.